The van der Waals surface area contributed by atoms with Gasteiger partial charge in [0.05, 0.1) is 7.11 Å². The second-order valence-electron chi connectivity index (χ2n) is 18.2. The Morgan fingerprint density at radius 3 is 0.953 bits per heavy atom. The first-order valence-electron chi connectivity index (χ1n) is 22.1. The zero-order chi connectivity index (χ0) is 44.1. The van der Waals surface area contributed by atoms with Gasteiger partial charge in [-0.1, -0.05) is 36.4 Å². The van der Waals surface area contributed by atoms with E-state index in [-0.39, 0.29) is 0 Å². The van der Waals surface area contributed by atoms with E-state index in [1.165, 1.54) is 44.5 Å². The molecule has 0 saturated carbocycles. The zero-order valence-electron chi connectivity index (χ0n) is 37.9. The van der Waals surface area contributed by atoms with Gasteiger partial charge < -0.3 is 23.4 Å². The Morgan fingerprint density at radius 2 is 0.641 bits per heavy atom. The lowest BCUT2D eigenvalue weighted by atomic mass is 10.0. The van der Waals surface area contributed by atoms with Crippen molar-refractivity contribution in [2.45, 2.75) is 55.4 Å². The molecule has 0 fully saturated rings. The Kier molecular flexibility index (Phi) is 9.11. The fraction of sp³-hybridized carbons (Fsp3) is 0.153. The summed E-state index contributed by atoms with van der Waals surface area (Å²) in [6, 6.07) is 51.5. The third-order valence-electron chi connectivity index (χ3n) is 12.6. The molecule has 0 radical (unpaired) electrons. The topological polar surface area (TPSA) is 42.0 Å². The molecular weight excluding hydrogens is 785 g/mol. The smallest absolute Gasteiger partial charge is 0.205 e. The van der Waals surface area contributed by atoms with Crippen LogP contribution in [0.2, 0.25) is 0 Å². The van der Waals surface area contributed by atoms with Crippen LogP contribution in [0.1, 0.15) is 44.5 Å². The van der Waals surface area contributed by atoms with Gasteiger partial charge in [0, 0.05) is 55.7 Å². The maximum Gasteiger partial charge on any atom is 0.205 e. The molecule has 11 aromatic rings. The van der Waals surface area contributed by atoms with Crippen LogP contribution in [0.3, 0.4) is 0 Å². The van der Waals surface area contributed by atoms with Crippen molar-refractivity contribution >= 4 is 99.5 Å². The van der Waals surface area contributed by atoms with Crippen molar-refractivity contribution in [2.75, 3.05) is 16.9 Å². The Labute approximate surface area is 373 Å². The summed E-state index contributed by atoms with van der Waals surface area (Å²) in [5, 5.41) is 8.51. The Bertz CT molecular complexity index is 3300. The second-order valence-corrected chi connectivity index (χ2v) is 18.2. The molecular formula is C59H50N2O3. The molecule has 0 saturated heterocycles. The molecule has 0 bridgehead atoms. The van der Waals surface area contributed by atoms with E-state index in [0.29, 0.717) is 16.9 Å². The maximum absolute atomic E-state index is 6.75. The van der Waals surface area contributed by atoms with Gasteiger partial charge in [0.1, 0.15) is 11.2 Å². The number of hydrogen-bond donors (Lipinski definition) is 0. The summed E-state index contributed by atoms with van der Waals surface area (Å²) in [5.74, 6) is 0.598. The van der Waals surface area contributed by atoms with Gasteiger partial charge in [0.25, 0.3) is 0 Å². The number of aryl methyl sites for hydroxylation is 8. The van der Waals surface area contributed by atoms with Gasteiger partial charge >= 0.3 is 0 Å². The van der Waals surface area contributed by atoms with Crippen LogP contribution in [0.5, 0.6) is 5.75 Å². The van der Waals surface area contributed by atoms with E-state index in [0.717, 1.165) is 88.4 Å². The maximum atomic E-state index is 6.75. The van der Waals surface area contributed by atoms with Crippen molar-refractivity contribution in [3.63, 3.8) is 0 Å². The van der Waals surface area contributed by atoms with Gasteiger partial charge in [-0.15, -0.1) is 0 Å². The molecule has 0 N–H and O–H groups in total. The van der Waals surface area contributed by atoms with E-state index in [1.807, 2.05) is 0 Å². The first kappa shape index (κ1) is 39.4. The van der Waals surface area contributed by atoms with Gasteiger partial charge in [-0.05, 0) is 225 Å². The summed E-state index contributed by atoms with van der Waals surface area (Å²) >= 11 is 0. The fourth-order valence-corrected chi connectivity index (χ4v) is 10.2. The summed E-state index contributed by atoms with van der Waals surface area (Å²) in [7, 11) is 1.70. The number of hydrogen-bond acceptors (Lipinski definition) is 5. The normalized spacial score (nSPS) is 11.8. The fourth-order valence-electron chi connectivity index (χ4n) is 10.2. The van der Waals surface area contributed by atoms with E-state index in [1.54, 1.807) is 7.11 Å². The average molecular weight is 835 g/mol. The first-order chi connectivity index (χ1) is 30.8. The molecule has 0 unspecified atom stereocenters. The summed E-state index contributed by atoms with van der Waals surface area (Å²) < 4.78 is 19.7. The van der Waals surface area contributed by atoms with Crippen molar-refractivity contribution in [3.8, 4) is 5.75 Å². The van der Waals surface area contributed by atoms with Gasteiger partial charge in [-0.3, -0.25) is 0 Å². The highest BCUT2D eigenvalue weighted by atomic mass is 16.5. The highest BCUT2D eigenvalue weighted by Gasteiger charge is 2.23. The number of benzene rings is 9. The standard InChI is InChI=1S/C59H50N2O3/c1-33-14-34(2)19-47(18-33)60(48-20-35(3)15-36(4)21-48)45-12-10-41-28-51-53-32-54-52-29-42-11-13-46(61(49-22-37(5)16-38(6)23-49)50-24-39(7)17-40(8)25-50)27-44(42)31-56(52)64-58(54)59(62-9)57(53)63-55(51)30-43(41)26-45/h10-32H,1-9H3. The quantitative estimate of drug-likeness (QED) is 0.160. The van der Waals surface area contributed by atoms with Gasteiger partial charge in [-0.2, -0.15) is 0 Å². The number of ether oxygens (including phenoxy) is 1. The highest BCUT2D eigenvalue weighted by molar-refractivity contribution is 6.21. The molecule has 2 heterocycles. The van der Waals surface area contributed by atoms with Crippen LogP contribution in [0.4, 0.5) is 34.1 Å². The van der Waals surface area contributed by atoms with E-state index in [4.69, 9.17) is 13.6 Å². The molecule has 2 aromatic heterocycles. The minimum absolute atomic E-state index is 0.598. The molecule has 314 valence electrons. The number of fused-ring (bicyclic) bond motifs is 8. The molecule has 11 rings (SSSR count). The Morgan fingerprint density at radius 1 is 0.312 bits per heavy atom. The molecule has 0 aliphatic rings. The van der Waals surface area contributed by atoms with Crippen LogP contribution in [0.15, 0.2) is 148 Å². The lowest BCUT2D eigenvalue weighted by Crippen LogP contribution is -2.11. The van der Waals surface area contributed by atoms with Crippen molar-refractivity contribution in [1.82, 2.24) is 0 Å². The number of anilines is 6. The van der Waals surface area contributed by atoms with Crippen LogP contribution < -0.4 is 14.5 Å². The summed E-state index contributed by atoms with van der Waals surface area (Å²) in [4.78, 5) is 4.72. The molecule has 0 atom stereocenters. The van der Waals surface area contributed by atoms with Crippen LogP contribution in [0, 0.1) is 55.4 Å². The van der Waals surface area contributed by atoms with Crippen molar-refractivity contribution in [2.24, 2.45) is 0 Å². The molecule has 9 aromatic carbocycles. The molecule has 64 heavy (non-hydrogen) atoms. The summed E-state index contributed by atoms with van der Waals surface area (Å²) in [6.07, 6.45) is 0. The molecule has 0 amide bonds. The van der Waals surface area contributed by atoms with Crippen LogP contribution in [-0.2, 0) is 0 Å². The van der Waals surface area contributed by atoms with Gasteiger partial charge in [-0.25, -0.2) is 0 Å². The first-order valence-corrected chi connectivity index (χ1v) is 22.1. The number of methoxy groups -OCH3 is 1. The Balaban J connectivity index is 1.04. The van der Waals surface area contributed by atoms with E-state index in [2.05, 4.69) is 205 Å². The minimum Gasteiger partial charge on any atom is -0.490 e. The molecule has 0 aliphatic heterocycles. The monoisotopic (exact) mass is 834 g/mol. The summed E-state index contributed by atoms with van der Waals surface area (Å²) in [5.41, 5.74) is 19.5. The zero-order valence-corrected chi connectivity index (χ0v) is 37.9. The van der Waals surface area contributed by atoms with Crippen LogP contribution in [0.25, 0.3) is 65.4 Å². The third kappa shape index (κ3) is 6.71. The third-order valence-corrected chi connectivity index (χ3v) is 12.6. The molecule has 5 nitrogen and oxygen atoms in total. The van der Waals surface area contributed by atoms with Gasteiger partial charge in [0.2, 0.25) is 5.75 Å². The predicted octanol–water partition coefficient (Wildman–Crippen LogP) is 17.2. The lowest BCUT2D eigenvalue weighted by molar-refractivity contribution is 0.409. The van der Waals surface area contributed by atoms with Crippen molar-refractivity contribution in [1.29, 1.82) is 0 Å². The van der Waals surface area contributed by atoms with Crippen molar-refractivity contribution in [3.05, 3.63) is 184 Å². The minimum atomic E-state index is 0.598. The highest BCUT2D eigenvalue weighted by Crippen LogP contribution is 2.47. The molecule has 5 heteroatoms. The number of rotatable bonds is 7. The molecule has 0 spiro atoms. The largest absolute Gasteiger partial charge is 0.490 e. The molecule has 0 aliphatic carbocycles. The lowest BCUT2D eigenvalue weighted by Gasteiger charge is -2.27. The number of nitrogens with zero attached hydrogens (tertiary/aromatic N) is 2. The van der Waals surface area contributed by atoms with Gasteiger partial charge in [0.15, 0.2) is 11.2 Å². The SMILES string of the molecule is COc1c2oc3cc4cc(N(c5cc(C)cc(C)c5)c5cc(C)cc(C)c5)ccc4cc3c2cc2c1oc1cc3cc(N(c4cc(C)cc(C)c4)c4cc(C)cc(C)c4)ccc3cc12. The van der Waals surface area contributed by atoms with E-state index in [9.17, 15) is 0 Å². The average Bonchev–Trinajstić information content (AvgIpc) is 3.76. The number of furan rings is 2. The predicted molar refractivity (Wildman–Crippen MR) is 270 cm³/mol. The van der Waals surface area contributed by atoms with Crippen molar-refractivity contribution < 1.29 is 13.6 Å². The van der Waals surface area contributed by atoms with Crippen LogP contribution in [-0.4, -0.2) is 7.11 Å². The second kappa shape index (κ2) is 14.8. The Hall–Kier alpha value is -7.50. The van der Waals surface area contributed by atoms with E-state index >= 15 is 0 Å². The van der Waals surface area contributed by atoms with E-state index < -0.39 is 0 Å². The van der Waals surface area contributed by atoms with Crippen LogP contribution >= 0.6 is 0 Å². The summed E-state index contributed by atoms with van der Waals surface area (Å²) in [6.45, 7) is 17.3.